The van der Waals surface area contributed by atoms with Crippen LogP contribution in [0.3, 0.4) is 0 Å². The first-order chi connectivity index (χ1) is 14.8. The van der Waals surface area contributed by atoms with Gasteiger partial charge in [-0.3, -0.25) is 14.8 Å². The number of hydrogen-bond donors (Lipinski definition) is 0. The Bertz CT molecular complexity index is 1460. The Kier molecular flexibility index (Phi) is 3.84. The first-order valence-electron chi connectivity index (χ1n) is 10.3. The molecule has 0 aliphatic carbocycles. The van der Waals surface area contributed by atoms with E-state index in [0.29, 0.717) is 5.56 Å². The van der Waals surface area contributed by atoms with Gasteiger partial charge in [-0.15, -0.1) is 0 Å². The average molecular weight is 393 g/mol. The van der Waals surface area contributed by atoms with Crippen LogP contribution < -0.4 is 0 Å². The zero-order valence-corrected chi connectivity index (χ0v) is 16.4. The van der Waals surface area contributed by atoms with Crippen LogP contribution >= 0.6 is 0 Å². The first kappa shape index (κ1) is 17.2. The Morgan fingerprint density at radius 1 is 0.733 bits per heavy atom. The zero-order chi connectivity index (χ0) is 20.1. The van der Waals surface area contributed by atoms with Crippen LogP contribution in [0.5, 0.6) is 0 Å². The highest BCUT2D eigenvalue weighted by atomic mass is 16.2. The summed E-state index contributed by atoms with van der Waals surface area (Å²) < 4.78 is 0. The van der Waals surface area contributed by atoms with Gasteiger partial charge in [-0.05, 0) is 61.7 Å². The normalized spacial score (nSPS) is 14.7. The molecule has 0 unspecified atom stereocenters. The number of rotatable bonds is 1. The van der Waals surface area contributed by atoms with Gasteiger partial charge >= 0.3 is 0 Å². The van der Waals surface area contributed by atoms with Crippen molar-refractivity contribution in [3.05, 3.63) is 60.4 Å². The van der Waals surface area contributed by atoms with E-state index in [-0.39, 0.29) is 5.91 Å². The Balaban J connectivity index is 1.60. The highest BCUT2D eigenvalue weighted by Gasteiger charge is 2.19. The predicted octanol–water partition coefficient (Wildman–Crippen LogP) is 4.51. The van der Waals surface area contributed by atoms with Crippen LogP contribution in [0, 0.1) is 0 Å². The highest BCUT2D eigenvalue weighted by molar-refractivity contribution is 6.21. The standard InChI is InChI=1S/C24H19N5O/c30-24(29-12-2-1-3-13-29)15-8-9-18-19(14-15)28-23-17-7-5-11-26-21(17)20-16(22(23)27-18)6-4-10-25-20/h4-11,14H,1-3,12-13H2. The van der Waals surface area contributed by atoms with Gasteiger partial charge in [0.25, 0.3) is 5.91 Å². The van der Waals surface area contributed by atoms with Crippen molar-refractivity contribution in [2.24, 2.45) is 0 Å². The molecule has 6 nitrogen and oxygen atoms in total. The number of piperidine rings is 1. The molecular formula is C24H19N5O. The number of aromatic nitrogens is 4. The first-order valence-corrected chi connectivity index (χ1v) is 10.3. The van der Waals surface area contributed by atoms with Crippen LogP contribution in [0.25, 0.3) is 43.9 Å². The van der Waals surface area contributed by atoms with E-state index in [2.05, 4.69) is 9.97 Å². The van der Waals surface area contributed by atoms with Crippen LogP contribution in [0.1, 0.15) is 29.6 Å². The molecule has 4 heterocycles. The molecule has 5 aromatic rings. The summed E-state index contributed by atoms with van der Waals surface area (Å²) in [5.41, 5.74) is 5.39. The lowest BCUT2D eigenvalue weighted by molar-refractivity contribution is 0.0724. The Labute approximate surface area is 172 Å². The summed E-state index contributed by atoms with van der Waals surface area (Å²) in [5, 5.41) is 1.85. The van der Waals surface area contributed by atoms with E-state index in [9.17, 15) is 4.79 Å². The molecule has 0 radical (unpaired) electrons. The number of likely N-dealkylation sites (tertiary alicyclic amines) is 1. The van der Waals surface area contributed by atoms with E-state index in [1.807, 2.05) is 47.4 Å². The largest absolute Gasteiger partial charge is 0.339 e. The van der Waals surface area contributed by atoms with Crippen molar-refractivity contribution in [3.8, 4) is 0 Å². The quantitative estimate of drug-likeness (QED) is 0.310. The Hall–Kier alpha value is -3.67. The molecule has 6 rings (SSSR count). The topological polar surface area (TPSA) is 71.9 Å². The number of benzene rings is 2. The third-order valence-electron chi connectivity index (χ3n) is 5.90. The minimum absolute atomic E-state index is 0.0766. The predicted molar refractivity (Wildman–Crippen MR) is 117 cm³/mol. The minimum Gasteiger partial charge on any atom is -0.339 e. The van der Waals surface area contributed by atoms with Crippen molar-refractivity contribution in [2.45, 2.75) is 19.3 Å². The van der Waals surface area contributed by atoms with E-state index in [4.69, 9.17) is 9.97 Å². The fraction of sp³-hybridized carbons (Fsp3) is 0.208. The number of carbonyl (C=O) groups is 1. The number of fused-ring (bicyclic) bond motifs is 7. The molecule has 0 N–H and O–H groups in total. The lowest BCUT2D eigenvalue weighted by Crippen LogP contribution is -2.35. The third kappa shape index (κ3) is 2.60. The van der Waals surface area contributed by atoms with Crippen molar-refractivity contribution < 1.29 is 4.79 Å². The van der Waals surface area contributed by atoms with Crippen molar-refractivity contribution in [3.63, 3.8) is 0 Å². The fourth-order valence-corrected chi connectivity index (χ4v) is 4.41. The molecule has 0 bridgehead atoms. The molecule has 30 heavy (non-hydrogen) atoms. The van der Waals surface area contributed by atoms with Crippen molar-refractivity contribution in [1.29, 1.82) is 0 Å². The SMILES string of the molecule is O=C(c1ccc2nc3c4cccnc4c4ncccc4c3nc2c1)N1CCCCC1. The van der Waals surface area contributed by atoms with Gasteiger partial charge in [0.1, 0.15) is 0 Å². The highest BCUT2D eigenvalue weighted by Crippen LogP contribution is 2.32. The molecule has 6 heteroatoms. The van der Waals surface area contributed by atoms with Gasteiger partial charge in [0, 0.05) is 41.8 Å². The van der Waals surface area contributed by atoms with Gasteiger partial charge in [0.15, 0.2) is 0 Å². The van der Waals surface area contributed by atoms with Gasteiger partial charge in [0.05, 0.1) is 33.1 Å². The fourth-order valence-electron chi connectivity index (χ4n) is 4.41. The maximum Gasteiger partial charge on any atom is 0.253 e. The molecule has 1 amide bonds. The van der Waals surface area contributed by atoms with Crippen LogP contribution in [0.2, 0.25) is 0 Å². The molecule has 1 saturated heterocycles. The molecule has 0 spiro atoms. The van der Waals surface area contributed by atoms with E-state index >= 15 is 0 Å². The summed E-state index contributed by atoms with van der Waals surface area (Å²) in [6.07, 6.45) is 6.89. The monoisotopic (exact) mass is 393 g/mol. The molecule has 1 aliphatic heterocycles. The Morgan fingerprint density at radius 3 is 2.03 bits per heavy atom. The van der Waals surface area contributed by atoms with Crippen molar-refractivity contribution >= 4 is 49.8 Å². The van der Waals surface area contributed by atoms with E-state index in [1.165, 1.54) is 6.42 Å². The summed E-state index contributed by atoms with van der Waals surface area (Å²) in [6.45, 7) is 1.66. The van der Waals surface area contributed by atoms with Gasteiger partial charge in [-0.25, -0.2) is 9.97 Å². The van der Waals surface area contributed by atoms with E-state index < -0.39 is 0 Å². The molecule has 1 aliphatic rings. The van der Waals surface area contributed by atoms with Crippen LogP contribution in [0.15, 0.2) is 54.9 Å². The molecule has 0 atom stereocenters. The molecular weight excluding hydrogens is 374 g/mol. The minimum atomic E-state index is 0.0766. The zero-order valence-electron chi connectivity index (χ0n) is 16.4. The van der Waals surface area contributed by atoms with E-state index in [0.717, 1.165) is 69.8 Å². The van der Waals surface area contributed by atoms with Gasteiger partial charge < -0.3 is 4.90 Å². The lowest BCUT2D eigenvalue weighted by Gasteiger charge is -2.26. The van der Waals surface area contributed by atoms with Gasteiger partial charge in [-0.1, -0.05) is 0 Å². The maximum atomic E-state index is 13.0. The summed E-state index contributed by atoms with van der Waals surface area (Å²) in [4.78, 5) is 33.9. The van der Waals surface area contributed by atoms with Gasteiger partial charge in [-0.2, -0.15) is 0 Å². The molecule has 2 aromatic carbocycles. The number of pyridine rings is 2. The number of hydrogen-bond acceptors (Lipinski definition) is 5. The smallest absolute Gasteiger partial charge is 0.253 e. The molecule has 1 fully saturated rings. The number of amides is 1. The second-order valence-electron chi connectivity index (χ2n) is 7.78. The molecule has 0 saturated carbocycles. The lowest BCUT2D eigenvalue weighted by atomic mass is 10.1. The maximum absolute atomic E-state index is 13.0. The van der Waals surface area contributed by atoms with E-state index in [1.54, 1.807) is 12.4 Å². The molecule has 3 aromatic heterocycles. The summed E-state index contributed by atoms with van der Waals surface area (Å²) in [7, 11) is 0. The number of nitrogens with zero attached hydrogens (tertiary/aromatic N) is 5. The molecule has 146 valence electrons. The van der Waals surface area contributed by atoms with Crippen molar-refractivity contribution in [2.75, 3.05) is 13.1 Å². The van der Waals surface area contributed by atoms with Crippen molar-refractivity contribution in [1.82, 2.24) is 24.8 Å². The Morgan fingerprint density at radius 2 is 1.37 bits per heavy atom. The second kappa shape index (κ2) is 6.69. The van der Waals surface area contributed by atoms with Crippen LogP contribution in [0.4, 0.5) is 0 Å². The third-order valence-corrected chi connectivity index (χ3v) is 5.90. The number of carbonyl (C=O) groups excluding carboxylic acids is 1. The summed E-state index contributed by atoms with van der Waals surface area (Å²) >= 11 is 0. The van der Waals surface area contributed by atoms with Gasteiger partial charge in [0.2, 0.25) is 0 Å². The summed E-state index contributed by atoms with van der Waals surface area (Å²) in [5.74, 6) is 0.0766. The van der Waals surface area contributed by atoms with Crippen LogP contribution in [-0.2, 0) is 0 Å². The summed E-state index contributed by atoms with van der Waals surface area (Å²) in [6, 6.07) is 13.4. The second-order valence-corrected chi connectivity index (χ2v) is 7.78. The average Bonchev–Trinajstić information content (AvgIpc) is 2.83. The van der Waals surface area contributed by atoms with Crippen LogP contribution in [-0.4, -0.2) is 43.8 Å².